The van der Waals surface area contributed by atoms with Crippen LogP contribution in [0.2, 0.25) is 5.02 Å². The predicted octanol–water partition coefficient (Wildman–Crippen LogP) is 5.20. The zero-order valence-corrected chi connectivity index (χ0v) is 22.3. The number of rotatable bonds is 9. The fraction of sp³-hybridized carbons (Fsp3) is 0.0385. The van der Waals surface area contributed by atoms with Gasteiger partial charge in [-0.1, -0.05) is 29.8 Å². The van der Waals surface area contributed by atoms with Crippen molar-refractivity contribution in [3.63, 3.8) is 0 Å². The van der Waals surface area contributed by atoms with Gasteiger partial charge >= 0.3 is 0 Å². The van der Waals surface area contributed by atoms with Crippen molar-refractivity contribution in [1.29, 1.82) is 0 Å². The lowest BCUT2D eigenvalue weighted by molar-refractivity contribution is 0.102. The number of ether oxygens (including phenoxy) is 1. The molecular weight excluding hydrogens is 550 g/mol. The van der Waals surface area contributed by atoms with Crippen molar-refractivity contribution in [3.8, 4) is 5.75 Å². The fourth-order valence-electron chi connectivity index (χ4n) is 3.36. The third kappa shape index (κ3) is 6.43. The summed E-state index contributed by atoms with van der Waals surface area (Å²) in [6.45, 7) is 0. The summed E-state index contributed by atoms with van der Waals surface area (Å²) in [6.07, 6.45) is 0. The Kier molecular flexibility index (Phi) is 7.91. The number of halogens is 1. The molecular formula is C26H22ClN3O6S2. The van der Waals surface area contributed by atoms with Crippen molar-refractivity contribution in [1.82, 2.24) is 0 Å². The highest BCUT2D eigenvalue weighted by atomic mass is 35.5. The van der Waals surface area contributed by atoms with Gasteiger partial charge in [0.05, 0.1) is 17.0 Å². The lowest BCUT2D eigenvalue weighted by atomic mass is 10.2. The van der Waals surface area contributed by atoms with Crippen molar-refractivity contribution in [2.24, 2.45) is 0 Å². The number of sulfonamides is 2. The molecule has 0 fully saturated rings. The second-order valence-electron chi connectivity index (χ2n) is 7.93. The standard InChI is InChI=1S/C26H22ClN3O6S2/c1-36-22-12-8-21(9-13-22)29-37(32,33)23-14-10-19(11-15-23)28-26(31)18-7-16-24(27)25(17-18)38(34,35)30-20-5-3-2-4-6-20/h2-17,29-30H,1H3,(H,28,31). The van der Waals surface area contributed by atoms with Crippen LogP contribution in [0.4, 0.5) is 17.1 Å². The van der Waals surface area contributed by atoms with Gasteiger partial charge in [0.15, 0.2) is 0 Å². The number of methoxy groups -OCH3 is 1. The highest BCUT2D eigenvalue weighted by Crippen LogP contribution is 2.26. The van der Waals surface area contributed by atoms with E-state index in [-0.39, 0.29) is 20.4 Å². The second-order valence-corrected chi connectivity index (χ2v) is 11.7. The van der Waals surface area contributed by atoms with Crippen molar-refractivity contribution >= 4 is 54.6 Å². The van der Waals surface area contributed by atoms with Gasteiger partial charge in [0.1, 0.15) is 10.6 Å². The van der Waals surface area contributed by atoms with Gasteiger partial charge in [0.25, 0.3) is 26.0 Å². The van der Waals surface area contributed by atoms with E-state index in [4.69, 9.17) is 16.3 Å². The summed E-state index contributed by atoms with van der Waals surface area (Å²) >= 11 is 6.13. The van der Waals surface area contributed by atoms with Crippen LogP contribution < -0.4 is 19.5 Å². The van der Waals surface area contributed by atoms with E-state index in [2.05, 4.69) is 14.8 Å². The Morgan fingerprint density at radius 2 is 1.29 bits per heavy atom. The summed E-state index contributed by atoms with van der Waals surface area (Å²) in [4.78, 5) is 12.6. The van der Waals surface area contributed by atoms with Crippen LogP contribution in [0.1, 0.15) is 10.4 Å². The van der Waals surface area contributed by atoms with E-state index in [9.17, 15) is 21.6 Å². The number of carbonyl (C=O) groups is 1. The van der Waals surface area contributed by atoms with Gasteiger partial charge < -0.3 is 10.1 Å². The summed E-state index contributed by atoms with van der Waals surface area (Å²) in [5.41, 5.74) is 1.05. The van der Waals surface area contributed by atoms with Gasteiger partial charge in [-0.05, 0) is 78.9 Å². The topological polar surface area (TPSA) is 131 Å². The Hall–Kier alpha value is -4.06. The van der Waals surface area contributed by atoms with Gasteiger partial charge in [-0.15, -0.1) is 0 Å². The number of hydrogen-bond donors (Lipinski definition) is 3. The summed E-state index contributed by atoms with van der Waals surface area (Å²) in [7, 11) is -6.43. The molecule has 0 aliphatic carbocycles. The number of para-hydroxylation sites is 1. The van der Waals surface area contributed by atoms with E-state index < -0.39 is 26.0 Å². The SMILES string of the molecule is COc1ccc(NS(=O)(=O)c2ccc(NC(=O)c3ccc(Cl)c(S(=O)(=O)Nc4ccccc4)c3)cc2)cc1. The maximum atomic E-state index is 12.9. The van der Waals surface area contributed by atoms with E-state index in [1.54, 1.807) is 54.6 Å². The minimum Gasteiger partial charge on any atom is -0.497 e. The van der Waals surface area contributed by atoms with Crippen LogP contribution in [0.5, 0.6) is 5.75 Å². The van der Waals surface area contributed by atoms with Crippen LogP contribution in [0, 0.1) is 0 Å². The first-order chi connectivity index (χ1) is 18.1. The molecule has 12 heteroatoms. The van der Waals surface area contributed by atoms with Gasteiger partial charge in [0, 0.05) is 22.6 Å². The normalized spacial score (nSPS) is 11.4. The van der Waals surface area contributed by atoms with Crippen LogP contribution in [0.15, 0.2) is 107 Å². The number of hydrogen-bond acceptors (Lipinski definition) is 6. The molecule has 4 aromatic rings. The average Bonchev–Trinajstić information content (AvgIpc) is 2.89. The highest BCUT2D eigenvalue weighted by Gasteiger charge is 2.21. The first-order valence-electron chi connectivity index (χ1n) is 11.0. The van der Waals surface area contributed by atoms with E-state index in [1.165, 1.54) is 49.6 Å². The molecule has 9 nitrogen and oxygen atoms in total. The maximum absolute atomic E-state index is 12.9. The maximum Gasteiger partial charge on any atom is 0.263 e. The molecule has 0 saturated heterocycles. The summed E-state index contributed by atoms with van der Waals surface area (Å²) < 4.78 is 61.1. The molecule has 0 saturated carbocycles. The van der Waals surface area contributed by atoms with E-state index in [0.29, 0.717) is 22.8 Å². The zero-order valence-electron chi connectivity index (χ0n) is 19.9. The van der Waals surface area contributed by atoms with Crippen molar-refractivity contribution in [2.75, 3.05) is 21.9 Å². The van der Waals surface area contributed by atoms with Gasteiger partial charge in [0.2, 0.25) is 0 Å². The number of carbonyl (C=O) groups excluding carboxylic acids is 1. The monoisotopic (exact) mass is 571 g/mol. The lowest BCUT2D eigenvalue weighted by Gasteiger charge is -2.12. The Morgan fingerprint density at radius 3 is 1.92 bits per heavy atom. The van der Waals surface area contributed by atoms with Crippen molar-refractivity contribution in [3.05, 3.63) is 108 Å². The van der Waals surface area contributed by atoms with Crippen LogP contribution >= 0.6 is 11.6 Å². The molecule has 3 N–H and O–H groups in total. The van der Waals surface area contributed by atoms with E-state index >= 15 is 0 Å². The summed E-state index contributed by atoms with van der Waals surface area (Å²) in [6, 6.07) is 24.0. The molecule has 0 aliphatic heterocycles. The molecule has 0 atom stereocenters. The Morgan fingerprint density at radius 1 is 0.711 bits per heavy atom. The molecule has 0 aliphatic rings. The zero-order chi connectivity index (χ0) is 27.3. The van der Waals surface area contributed by atoms with Crippen LogP contribution in [-0.2, 0) is 20.0 Å². The number of amides is 1. The number of anilines is 3. The summed E-state index contributed by atoms with van der Waals surface area (Å²) in [5.74, 6) is -0.0179. The number of benzene rings is 4. The summed E-state index contributed by atoms with van der Waals surface area (Å²) in [5, 5.41) is 2.57. The van der Waals surface area contributed by atoms with Gasteiger partial charge in [-0.3, -0.25) is 14.2 Å². The van der Waals surface area contributed by atoms with Crippen LogP contribution in [0.3, 0.4) is 0 Å². The minimum atomic E-state index is -4.07. The largest absolute Gasteiger partial charge is 0.497 e. The Bertz CT molecular complexity index is 1660. The first kappa shape index (κ1) is 27.0. The van der Waals surface area contributed by atoms with E-state index in [1.807, 2.05) is 0 Å². The molecule has 4 rings (SSSR count). The average molecular weight is 572 g/mol. The second kappa shape index (κ2) is 11.1. The molecule has 0 bridgehead atoms. The molecule has 1 amide bonds. The molecule has 196 valence electrons. The third-order valence-electron chi connectivity index (χ3n) is 5.27. The molecule has 0 unspecified atom stereocenters. The molecule has 0 radical (unpaired) electrons. The van der Waals surface area contributed by atoms with Crippen molar-refractivity contribution < 1.29 is 26.4 Å². The third-order valence-corrected chi connectivity index (χ3v) is 8.53. The highest BCUT2D eigenvalue weighted by molar-refractivity contribution is 7.93. The fourth-order valence-corrected chi connectivity index (χ4v) is 6.00. The van der Waals surface area contributed by atoms with Gasteiger partial charge in [-0.2, -0.15) is 0 Å². The Labute approximate surface area is 225 Å². The molecule has 38 heavy (non-hydrogen) atoms. The minimum absolute atomic E-state index is 0.0156. The Balaban J connectivity index is 1.48. The molecule has 0 spiro atoms. The van der Waals surface area contributed by atoms with E-state index in [0.717, 1.165) is 0 Å². The smallest absolute Gasteiger partial charge is 0.263 e. The quantitative estimate of drug-likeness (QED) is 0.253. The molecule has 0 heterocycles. The van der Waals surface area contributed by atoms with Gasteiger partial charge in [-0.25, -0.2) is 16.8 Å². The van der Waals surface area contributed by atoms with Crippen LogP contribution in [0.25, 0.3) is 0 Å². The first-order valence-corrected chi connectivity index (χ1v) is 14.4. The van der Waals surface area contributed by atoms with Crippen molar-refractivity contribution in [2.45, 2.75) is 9.79 Å². The van der Waals surface area contributed by atoms with Crippen LogP contribution in [-0.4, -0.2) is 29.9 Å². The predicted molar refractivity (Wildman–Crippen MR) is 147 cm³/mol. The molecule has 0 aromatic heterocycles. The number of nitrogens with one attached hydrogen (secondary N) is 3. The molecule has 4 aromatic carbocycles. The lowest BCUT2D eigenvalue weighted by Crippen LogP contribution is -2.16.